The first-order valence-electron chi connectivity index (χ1n) is 15.0. The van der Waals surface area contributed by atoms with Gasteiger partial charge >= 0.3 is 5.97 Å². The minimum absolute atomic E-state index is 0.258. The molecule has 3 heterocycles. The minimum Gasteiger partial charge on any atom is -0.480 e. The van der Waals surface area contributed by atoms with E-state index >= 15 is 0 Å². The second-order valence-electron chi connectivity index (χ2n) is 11.9. The molecule has 39 heavy (non-hydrogen) atoms. The molecular weight excluding hydrogens is 488 g/mol. The van der Waals surface area contributed by atoms with Crippen LogP contribution in [0, 0.1) is 11.8 Å². The van der Waals surface area contributed by atoms with E-state index in [1.807, 2.05) is 12.1 Å². The highest BCUT2D eigenvalue weighted by atomic mass is 16.6. The third kappa shape index (κ3) is 7.46. The Hall–Kier alpha value is -2.77. The maximum atomic E-state index is 11.7. The van der Waals surface area contributed by atoms with Crippen LogP contribution in [0.2, 0.25) is 0 Å². The monoisotopic (exact) mass is 532 g/mol. The first kappa shape index (κ1) is 27.8. The number of rotatable bonds is 8. The molecule has 210 valence electrons. The van der Waals surface area contributed by atoms with Crippen molar-refractivity contribution in [3.8, 4) is 0 Å². The number of aliphatic carboxylic acids is 1. The summed E-state index contributed by atoms with van der Waals surface area (Å²) in [5, 5.41) is 17.3. The number of carbonyl (C=O) groups is 1. The van der Waals surface area contributed by atoms with Crippen LogP contribution in [-0.2, 0) is 11.2 Å². The zero-order chi connectivity index (χ0) is 27.0. The Bertz CT molecular complexity index is 1170. The fraction of sp³-hybridized carbons (Fsp3) is 0.594. The molecule has 0 spiro atoms. The van der Waals surface area contributed by atoms with E-state index in [1.165, 1.54) is 62.7 Å². The number of carboxylic acids is 1. The van der Waals surface area contributed by atoms with Crippen LogP contribution in [0.3, 0.4) is 0 Å². The van der Waals surface area contributed by atoms with Crippen LogP contribution in [0.15, 0.2) is 53.2 Å². The molecule has 2 saturated heterocycles. The molecule has 2 aromatic carbocycles. The zero-order valence-corrected chi connectivity index (χ0v) is 23.4. The van der Waals surface area contributed by atoms with Gasteiger partial charge in [0.1, 0.15) is 17.1 Å². The average Bonchev–Trinajstić information content (AvgIpc) is 3.74. The van der Waals surface area contributed by atoms with Gasteiger partial charge in [-0.2, -0.15) is 0 Å². The predicted octanol–water partition coefficient (Wildman–Crippen LogP) is 6.01. The van der Waals surface area contributed by atoms with Gasteiger partial charge in [-0.15, -0.1) is 0 Å². The number of aromatic nitrogens is 2. The molecule has 1 saturated carbocycles. The molecule has 7 nitrogen and oxygen atoms in total. The van der Waals surface area contributed by atoms with Gasteiger partial charge in [0.25, 0.3) is 0 Å². The molecule has 3 aromatic rings. The normalized spacial score (nSPS) is 22.1. The van der Waals surface area contributed by atoms with Gasteiger partial charge in [-0.1, -0.05) is 55.7 Å². The van der Waals surface area contributed by atoms with Crippen molar-refractivity contribution in [1.82, 2.24) is 20.1 Å². The molecule has 3 aliphatic rings. The van der Waals surface area contributed by atoms with Gasteiger partial charge in [0, 0.05) is 6.54 Å². The molecular formula is C32H44N4O3. The smallest absolute Gasteiger partial charge is 0.321 e. The number of hydrogen-bond acceptors (Lipinski definition) is 6. The fourth-order valence-corrected chi connectivity index (χ4v) is 6.90. The summed E-state index contributed by atoms with van der Waals surface area (Å²) in [6, 6.07) is 16.5. The predicted molar refractivity (Wildman–Crippen MR) is 154 cm³/mol. The van der Waals surface area contributed by atoms with Crippen molar-refractivity contribution < 1.29 is 14.5 Å². The van der Waals surface area contributed by atoms with Crippen LogP contribution >= 0.6 is 0 Å². The minimum atomic E-state index is -0.620. The SMILES string of the molecule is CN1CCC(CCCc2ccc3nonc3c2)CC1.O=C(O)C(C1CCCC1)N1CC[C@@H](c2ccccc2)C1. The number of likely N-dealkylation sites (tertiary alicyclic amines) is 2. The Morgan fingerprint density at radius 2 is 1.72 bits per heavy atom. The number of hydrogen-bond donors (Lipinski definition) is 1. The molecule has 1 unspecified atom stereocenters. The lowest BCUT2D eigenvalue weighted by Gasteiger charge is -2.29. The number of aryl methyl sites for hydroxylation is 1. The molecule has 1 aliphatic carbocycles. The number of piperidine rings is 1. The standard InChI is InChI=1S/C17H23NO2.C15H21N3O/c19-17(20)16(14-8-4-5-9-14)18-11-10-15(12-18)13-6-2-1-3-7-13;1-18-9-7-12(8-10-18)3-2-4-13-5-6-14-15(11-13)17-19-16-14/h1-3,6-7,14-16H,4-5,8-12H2,(H,19,20);5-6,11-12H,2-4,7-10H2,1H3/t15-,16?;/m1./s1. The molecule has 0 radical (unpaired) electrons. The van der Waals surface area contributed by atoms with E-state index in [4.69, 9.17) is 4.63 Å². The molecule has 0 amide bonds. The van der Waals surface area contributed by atoms with Gasteiger partial charge in [0.2, 0.25) is 0 Å². The first-order valence-corrected chi connectivity index (χ1v) is 15.0. The largest absolute Gasteiger partial charge is 0.480 e. The summed E-state index contributed by atoms with van der Waals surface area (Å²) in [5.74, 6) is 1.17. The average molecular weight is 533 g/mol. The zero-order valence-electron chi connectivity index (χ0n) is 23.4. The van der Waals surface area contributed by atoms with E-state index in [-0.39, 0.29) is 6.04 Å². The Morgan fingerprint density at radius 1 is 0.974 bits per heavy atom. The highest BCUT2D eigenvalue weighted by molar-refractivity contribution is 5.74. The van der Waals surface area contributed by atoms with E-state index in [9.17, 15) is 9.90 Å². The number of carboxylic acid groups (broad SMARTS) is 1. The van der Waals surface area contributed by atoms with E-state index in [0.717, 1.165) is 55.7 Å². The van der Waals surface area contributed by atoms with Gasteiger partial charge in [-0.05, 0) is 123 Å². The van der Waals surface area contributed by atoms with Crippen LogP contribution in [-0.4, -0.2) is 70.5 Å². The van der Waals surface area contributed by atoms with Crippen molar-refractivity contribution in [1.29, 1.82) is 0 Å². The summed E-state index contributed by atoms with van der Waals surface area (Å²) >= 11 is 0. The Morgan fingerprint density at radius 3 is 2.46 bits per heavy atom. The second-order valence-corrected chi connectivity index (χ2v) is 11.9. The Balaban J connectivity index is 0.000000158. The van der Waals surface area contributed by atoms with Gasteiger partial charge in [-0.25, -0.2) is 4.63 Å². The van der Waals surface area contributed by atoms with E-state index < -0.39 is 5.97 Å². The van der Waals surface area contributed by atoms with Gasteiger partial charge in [-0.3, -0.25) is 9.69 Å². The van der Waals surface area contributed by atoms with Crippen molar-refractivity contribution in [2.24, 2.45) is 11.8 Å². The van der Waals surface area contributed by atoms with Crippen molar-refractivity contribution >= 4 is 17.0 Å². The molecule has 1 N–H and O–H groups in total. The lowest BCUT2D eigenvalue weighted by Crippen LogP contribution is -2.44. The second kappa shape index (κ2) is 13.5. The Kier molecular flexibility index (Phi) is 9.64. The summed E-state index contributed by atoms with van der Waals surface area (Å²) in [6.07, 6.45) is 12.1. The van der Waals surface area contributed by atoms with Crippen LogP contribution < -0.4 is 0 Å². The third-order valence-electron chi connectivity index (χ3n) is 9.22. The van der Waals surface area contributed by atoms with Gasteiger partial charge in [0.05, 0.1) is 0 Å². The Labute approximate surface area is 232 Å². The molecule has 1 aromatic heterocycles. The number of fused-ring (bicyclic) bond motifs is 1. The van der Waals surface area contributed by atoms with Crippen molar-refractivity contribution in [3.63, 3.8) is 0 Å². The summed E-state index contributed by atoms with van der Waals surface area (Å²) in [6.45, 7) is 4.35. The maximum absolute atomic E-state index is 11.7. The van der Waals surface area contributed by atoms with Crippen molar-refractivity contribution in [2.75, 3.05) is 33.2 Å². The first-order chi connectivity index (χ1) is 19.1. The highest BCUT2D eigenvalue weighted by Crippen LogP contribution is 2.35. The molecule has 2 aliphatic heterocycles. The molecule has 0 bridgehead atoms. The summed E-state index contributed by atoms with van der Waals surface area (Å²) in [5.41, 5.74) is 4.41. The summed E-state index contributed by atoms with van der Waals surface area (Å²) < 4.78 is 4.72. The van der Waals surface area contributed by atoms with Gasteiger partial charge < -0.3 is 10.0 Å². The van der Waals surface area contributed by atoms with E-state index in [1.54, 1.807) is 0 Å². The van der Waals surface area contributed by atoms with Crippen LogP contribution in [0.25, 0.3) is 11.0 Å². The molecule has 2 atom stereocenters. The molecule has 3 fully saturated rings. The van der Waals surface area contributed by atoms with Crippen LogP contribution in [0.1, 0.15) is 74.8 Å². The maximum Gasteiger partial charge on any atom is 0.321 e. The quantitative estimate of drug-likeness (QED) is 0.381. The lowest BCUT2D eigenvalue weighted by molar-refractivity contribution is -0.145. The van der Waals surface area contributed by atoms with E-state index in [0.29, 0.717) is 11.8 Å². The fourth-order valence-electron chi connectivity index (χ4n) is 6.90. The van der Waals surface area contributed by atoms with Crippen molar-refractivity contribution in [3.05, 3.63) is 59.7 Å². The summed E-state index contributed by atoms with van der Waals surface area (Å²) in [7, 11) is 2.22. The molecule has 7 heteroatoms. The number of nitrogens with zero attached hydrogens (tertiary/aromatic N) is 4. The van der Waals surface area contributed by atoms with Gasteiger partial charge in [0.15, 0.2) is 0 Å². The van der Waals surface area contributed by atoms with Crippen LogP contribution in [0.5, 0.6) is 0 Å². The van der Waals surface area contributed by atoms with Crippen molar-refractivity contribution in [2.45, 2.75) is 76.2 Å². The van der Waals surface area contributed by atoms with Crippen LogP contribution in [0.4, 0.5) is 0 Å². The van der Waals surface area contributed by atoms with E-state index in [2.05, 4.69) is 63.6 Å². The third-order valence-corrected chi connectivity index (χ3v) is 9.22. The lowest BCUT2D eigenvalue weighted by atomic mass is 9.91. The highest BCUT2D eigenvalue weighted by Gasteiger charge is 2.38. The number of benzene rings is 2. The topological polar surface area (TPSA) is 82.7 Å². The summed E-state index contributed by atoms with van der Waals surface area (Å²) in [4.78, 5) is 16.3. The molecule has 6 rings (SSSR count).